The summed E-state index contributed by atoms with van der Waals surface area (Å²) in [6.07, 6.45) is 4.32. The number of hydrogen-bond acceptors (Lipinski definition) is 3. The van der Waals surface area contributed by atoms with E-state index in [-0.39, 0.29) is 10.6 Å². The molecule has 0 bridgehead atoms. The zero-order valence-corrected chi connectivity index (χ0v) is 12.6. The highest BCUT2D eigenvalue weighted by atomic mass is 79.9. The molecule has 0 saturated heterocycles. The van der Waals surface area contributed by atoms with Gasteiger partial charge in [0.15, 0.2) is 0 Å². The van der Waals surface area contributed by atoms with Crippen molar-refractivity contribution in [2.45, 2.75) is 38.6 Å². The van der Waals surface area contributed by atoms with E-state index < -0.39 is 0 Å². The van der Waals surface area contributed by atoms with E-state index in [2.05, 4.69) is 28.2 Å². The number of nitro groups is 1. The van der Waals surface area contributed by atoms with Crippen LogP contribution in [0.1, 0.15) is 31.7 Å². The minimum Gasteiger partial charge on any atom is -0.313 e. The normalized spacial score (nSPS) is 16.3. The molecule has 1 fully saturated rings. The van der Waals surface area contributed by atoms with Gasteiger partial charge in [-0.05, 0) is 44.2 Å². The lowest BCUT2D eigenvalue weighted by molar-refractivity contribution is -0.385. The van der Waals surface area contributed by atoms with Crippen LogP contribution in [0, 0.1) is 16.0 Å². The molecule has 0 amide bonds. The van der Waals surface area contributed by atoms with Crippen LogP contribution in [0.15, 0.2) is 22.7 Å². The van der Waals surface area contributed by atoms with Gasteiger partial charge in [0.1, 0.15) is 0 Å². The van der Waals surface area contributed by atoms with Crippen LogP contribution in [0.5, 0.6) is 0 Å². The van der Waals surface area contributed by atoms with Crippen LogP contribution in [-0.4, -0.2) is 17.5 Å². The number of hydrogen-bond donors (Lipinski definition) is 1. The standard InChI is InChI=1S/C14H19BrN2O2/c1-2-7-16-13(10-3-4-10)8-11-5-6-12(15)9-14(11)17(18)19/h5-6,9-10,13,16H,2-4,7-8H2,1H3. The topological polar surface area (TPSA) is 55.2 Å². The molecule has 4 nitrogen and oxygen atoms in total. The molecule has 0 heterocycles. The van der Waals surface area contributed by atoms with Gasteiger partial charge in [0, 0.05) is 22.1 Å². The van der Waals surface area contributed by atoms with Crippen molar-refractivity contribution >= 4 is 21.6 Å². The smallest absolute Gasteiger partial charge is 0.273 e. The third kappa shape index (κ3) is 4.01. The molecule has 0 aromatic heterocycles. The molecule has 1 aromatic rings. The van der Waals surface area contributed by atoms with E-state index in [1.807, 2.05) is 12.1 Å². The Morgan fingerprint density at radius 1 is 1.53 bits per heavy atom. The van der Waals surface area contributed by atoms with Gasteiger partial charge in [0.2, 0.25) is 0 Å². The molecule has 2 rings (SSSR count). The van der Waals surface area contributed by atoms with Crippen molar-refractivity contribution in [2.24, 2.45) is 5.92 Å². The fourth-order valence-corrected chi connectivity index (χ4v) is 2.70. The minimum absolute atomic E-state index is 0.221. The van der Waals surface area contributed by atoms with Gasteiger partial charge in [0.05, 0.1) is 4.92 Å². The summed E-state index contributed by atoms with van der Waals surface area (Å²) in [6, 6.07) is 5.72. The first-order valence-electron chi connectivity index (χ1n) is 6.78. The zero-order valence-electron chi connectivity index (χ0n) is 11.1. The Kier molecular flexibility index (Phi) is 4.93. The average Bonchev–Trinajstić information content (AvgIpc) is 3.20. The first kappa shape index (κ1) is 14.5. The SMILES string of the molecule is CCCNC(Cc1ccc(Br)cc1[N+](=O)[O-])C1CC1. The summed E-state index contributed by atoms with van der Waals surface area (Å²) in [5.41, 5.74) is 1.05. The molecule has 0 radical (unpaired) electrons. The predicted molar refractivity (Wildman–Crippen MR) is 79.3 cm³/mol. The van der Waals surface area contributed by atoms with Gasteiger partial charge in [-0.15, -0.1) is 0 Å². The molecular formula is C14H19BrN2O2. The Hall–Kier alpha value is -0.940. The fourth-order valence-electron chi connectivity index (χ4n) is 2.35. The maximum absolute atomic E-state index is 11.1. The van der Waals surface area contributed by atoms with Gasteiger partial charge >= 0.3 is 0 Å². The lowest BCUT2D eigenvalue weighted by Gasteiger charge is -2.18. The van der Waals surface area contributed by atoms with Crippen molar-refractivity contribution in [3.05, 3.63) is 38.3 Å². The summed E-state index contributed by atoms with van der Waals surface area (Å²) in [5, 5.41) is 14.6. The molecule has 1 N–H and O–H groups in total. The highest BCUT2D eigenvalue weighted by Gasteiger charge is 2.32. The molecule has 1 aliphatic carbocycles. The van der Waals surface area contributed by atoms with Crippen molar-refractivity contribution in [3.8, 4) is 0 Å². The molecule has 1 saturated carbocycles. The highest BCUT2D eigenvalue weighted by Crippen LogP contribution is 2.35. The van der Waals surface area contributed by atoms with Gasteiger partial charge < -0.3 is 5.32 Å². The number of nitrogens with one attached hydrogen (secondary N) is 1. The molecule has 0 aliphatic heterocycles. The monoisotopic (exact) mass is 326 g/mol. The first-order chi connectivity index (χ1) is 9.11. The van der Waals surface area contributed by atoms with E-state index in [1.54, 1.807) is 6.07 Å². The fraction of sp³-hybridized carbons (Fsp3) is 0.571. The number of nitro benzene ring substituents is 1. The van der Waals surface area contributed by atoms with Crippen LogP contribution in [0.2, 0.25) is 0 Å². The Morgan fingerprint density at radius 3 is 2.84 bits per heavy atom. The Balaban J connectivity index is 2.13. The van der Waals surface area contributed by atoms with Crippen LogP contribution >= 0.6 is 15.9 Å². The van der Waals surface area contributed by atoms with Crippen molar-refractivity contribution in [1.82, 2.24) is 5.32 Å². The quantitative estimate of drug-likeness (QED) is 0.614. The third-order valence-corrected chi connectivity index (χ3v) is 4.02. The molecule has 5 heteroatoms. The molecule has 1 aromatic carbocycles. The van der Waals surface area contributed by atoms with Crippen molar-refractivity contribution < 1.29 is 4.92 Å². The van der Waals surface area contributed by atoms with E-state index in [0.29, 0.717) is 12.0 Å². The molecule has 0 spiro atoms. The number of halogens is 1. The van der Waals surface area contributed by atoms with Gasteiger partial charge in [-0.1, -0.05) is 28.9 Å². The molecule has 1 atom stereocenters. The van der Waals surface area contributed by atoms with E-state index in [4.69, 9.17) is 0 Å². The second-order valence-corrected chi connectivity index (χ2v) is 6.05. The zero-order chi connectivity index (χ0) is 13.8. The number of nitrogens with zero attached hydrogens (tertiary/aromatic N) is 1. The van der Waals surface area contributed by atoms with Gasteiger partial charge in [0.25, 0.3) is 5.69 Å². The van der Waals surface area contributed by atoms with Gasteiger partial charge in [-0.25, -0.2) is 0 Å². The van der Waals surface area contributed by atoms with Gasteiger partial charge in [-0.3, -0.25) is 10.1 Å². The molecular weight excluding hydrogens is 308 g/mol. The Morgan fingerprint density at radius 2 is 2.26 bits per heavy atom. The van der Waals surface area contributed by atoms with Crippen LogP contribution in [0.25, 0.3) is 0 Å². The van der Waals surface area contributed by atoms with Crippen LogP contribution in [-0.2, 0) is 6.42 Å². The summed E-state index contributed by atoms with van der Waals surface area (Å²) in [5.74, 6) is 0.690. The van der Waals surface area contributed by atoms with Gasteiger partial charge in [-0.2, -0.15) is 0 Å². The second-order valence-electron chi connectivity index (χ2n) is 5.13. The van der Waals surface area contributed by atoms with E-state index in [9.17, 15) is 10.1 Å². The number of benzene rings is 1. The molecule has 19 heavy (non-hydrogen) atoms. The largest absolute Gasteiger partial charge is 0.313 e. The third-order valence-electron chi connectivity index (χ3n) is 3.53. The minimum atomic E-state index is -0.288. The van der Waals surface area contributed by atoms with Crippen LogP contribution in [0.4, 0.5) is 5.69 Å². The number of rotatable bonds is 7. The summed E-state index contributed by atoms with van der Waals surface area (Å²) >= 11 is 3.29. The maximum Gasteiger partial charge on any atom is 0.273 e. The molecule has 104 valence electrons. The molecule has 1 unspecified atom stereocenters. The summed E-state index contributed by atoms with van der Waals surface area (Å²) in [4.78, 5) is 10.8. The maximum atomic E-state index is 11.1. The van der Waals surface area contributed by atoms with E-state index in [1.165, 1.54) is 12.8 Å². The lowest BCUT2D eigenvalue weighted by atomic mass is 10.0. The van der Waals surface area contributed by atoms with E-state index >= 15 is 0 Å². The highest BCUT2D eigenvalue weighted by molar-refractivity contribution is 9.10. The Bertz CT molecular complexity index is 461. The van der Waals surface area contributed by atoms with Crippen molar-refractivity contribution in [1.29, 1.82) is 0 Å². The molecule has 1 aliphatic rings. The summed E-state index contributed by atoms with van der Waals surface area (Å²) in [6.45, 7) is 3.12. The van der Waals surface area contributed by atoms with Crippen LogP contribution < -0.4 is 5.32 Å². The predicted octanol–water partition coefficient (Wildman–Crippen LogP) is 3.68. The van der Waals surface area contributed by atoms with Crippen molar-refractivity contribution in [3.63, 3.8) is 0 Å². The second kappa shape index (κ2) is 6.48. The van der Waals surface area contributed by atoms with E-state index in [0.717, 1.165) is 29.4 Å². The summed E-state index contributed by atoms with van der Waals surface area (Å²) in [7, 11) is 0. The Labute approximate surface area is 121 Å². The average molecular weight is 327 g/mol. The van der Waals surface area contributed by atoms with Crippen molar-refractivity contribution in [2.75, 3.05) is 6.54 Å². The lowest BCUT2D eigenvalue weighted by Crippen LogP contribution is -2.33. The summed E-state index contributed by atoms with van der Waals surface area (Å²) < 4.78 is 0.757. The first-order valence-corrected chi connectivity index (χ1v) is 7.57. The van der Waals surface area contributed by atoms with Crippen LogP contribution in [0.3, 0.4) is 0 Å².